The van der Waals surface area contributed by atoms with Crippen LogP contribution in [0.4, 0.5) is 0 Å². The van der Waals surface area contributed by atoms with E-state index >= 15 is 0 Å². The number of carbonyl (C=O) groups is 1. The van der Waals surface area contributed by atoms with Crippen molar-refractivity contribution in [3.05, 3.63) is 57.6 Å². The Labute approximate surface area is 138 Å². The summed E-state index contributed by atoms with van der Waals surface area (Å²) in [4.78, 5) is 10.9. The van der Waals surface area contributed by atoms with Crippen LogP contribution in [0, 0.1) is 0 Å². The summed E-state index contributed by atoms with van der Waals surface area (Å²) in [5.41, 5.74) is 8.47. The second kappa shape index (κ2) is 7.11. The summed E-state index contributed by atoms with van der Waals surface area (Å²) >= 11 is 12.4. The molecule has 0 radical (unpaired) electrons. The van der Waals surface area contributed by atoms with Gasteiger partial charge in [0.1, 0.15) is 6.04 Å². The minimum atomic E-state index is -1.07. The molecular formula is C16H15Cl2NO3. The maximum atomic E-state index is 10.9. The topological polar surface area (TPSA) is 83.5 Å². The molecular weight excluding hydrogens is 325 g/mol. The van der Waals surface area contributed by atoms with Crippen LogP contribution in [0.3, 0.4) is 0 Å². The van der Waals surface area contributed by atoms with E-state index in [-0.39, 0.29) is 13.0 Å². The van der Waals surface area contributed by atoms with Crippen molar-refractivity contribution in [2.75, 3.05) is 0 Å². The van der Waals surface area contributed by atoms with Gasteiger partial charge >= 0.3 is 5.97 Å². The quantitative estimate of drug-likeness (QED) is 0.781. The van der Waals surface area contributed by atoms with Gasteiger partial charge in [0.2, 0.25) is 0 Å². The largest absolute Gasteiger partial charge is 0.480 e. The molecule has 6 heteroatoms. The molecule has 1 unspecified atom stereocenters. The molecule has 116 valence electrons. The third kappa shape index (κ3) is 3.78. The Hall–Kier alpha value is -1.59. The highest BCUT2D eigenvalue weighted by molar-refractivity contribution is 6.43. The van der Waals surface area contributed by atoms with Crippen LogP contribution in [0.25, 0.3) is 11.1 Å². The van der Waals surface area contributed by atoms with Crippen molar-refractivity contribution in [3.63, 3.8) is 0 Å². The lowest BCUT2D eigenvalue weighted by Gasteiger charge is -2.12. The fraction of sp³-hybridized carbons (Fsp3) is 0.188. The lowest BCUT2D eigenvalue weighted by molar-refractivity contribution is -0.138. The van der Waals surface area contributed by atoms with Crippen LogP contribution in [-0.4, -0.2) is 22.2 Å². The van der Waals surface area contributed by atoms with Gasteiger partial charge in [-0.15, -0.1) is 0 Å². The average molecular weight is 340 g/mol. The Kier molecular flexibility index (Phi) is 5.42. The zero-order chi connectivity index (χ0) is 16.3. The molecule has 0 amide bonds. The monoisotopic (exact) mass is 339 g/mol. The van der Waals surface area contributed by atoms with Crippen LogP contribution >= 0.6 is 23.2 Å². The van der Waals surface area contributed by atoms with Crippen LogP contribution < -0.4 is 5.73 Å². The van der Waals surface area contributed by atoms with Crippen molar-refractivity contribution in [2.45, 2.75) is 19.1 Å². The molecule has 0 saturated carbocycles. The number of aliphatic hydroxyl groups excluding tert-OH is 1. The molecule has 2 rings (SSSR count). The smallest absolute Gasteiger partial charge is 0.320 e. The van der Waals surface area contributed by atoms with Gasteiger partial charge < -0.3 is 15.9 Å². The normalized spacial score (nSPS) is 12.2. The molecule has 22 heavy (non-hydrogen) atoms. The van der Waals surface area contributed by atoms with Crippen LogP contribution in [0.2, 0.25) is 10.0 Å². The highest BCUT2D eigenvalue weighted by Gasteiger charge is 2.16. The molecule has 0 aliphatic carbocycles. The van der Waals surface area contributed by atoms with Gasteiger partial charge in [0.25, 0.3) is 0 Å². The Balaban J connectivity index is 2.46. The number of hydrogen-bond donors (Lipinski definition) is 3. The minimum Gasteiger partial charge on any atom is -0.480 e. The van der Waals surface area contributed by atoms with Gasteiger partial charge in [0.05, 0.1) is 16.7 Å². The van der Waals surface area contributed by atoms with E-state index in [4.69, 9.17) is 34.0 Å². The zero-order valence-corrected chi connectivity index (χ0v) is 13.1. The first-order valence-electron chi connectivity index (χ1n) is 6.59. The van der Waals surface area contributed by atoms with Crippen LogP contribution in [-0.2, 0) is 17.8 Å². The average Bonchev–Trinajstić information content (AvgIpc) is 2.50. The van der Waals surface area contributed by atoms with Gasteiger partial charge in [-0.2, -0.15) is 0 Å². The number of nitrogens with two attached hydrogens (primary N) is 1. The van der Waals surface area contributed by atoms with Gasteiger partial charge in [0.15, 0.2) is 0 Å². The highest BCUT2D eigenvalue weighted by atomic mass is 35.5. The number of rotatable bonds is 5. The molecule has 0 aliphatic heterocycles. The molecule has 0 saturated heterocycles. The molecule has 2 aromatic carbocycles. The maximum Gasteiger partial charge on any atom is 0.320 e. The third-order valence-corrected chi connectivity index (χ3v) is 4.08. The molecule has 0 fully saturated rings. The standard InChI is InChI=1S/C16H15Cl2NO3/c17-13-6-10(7-14(19)16(21)22)5-12(15(13)18)11-3-1-2-9(4-11)8-20/h1-6,14,20H,7-8,19H2,(H,21,22). The van der Waals surface area contributed by atoms with Crippen molar-refractivity contribution in [1.29, 1.82) is 0 Å². The van der Waals surface area contributed by atoms with Crippen molar-refractivity contribution >= 4 is 29.2 Å². The lowest BCUT2D eigenvalue weighted by atomic mass is 9.98. The summed E-state index contributed by atoms with van der Waals surface area (Å²) in [6, 6.07) is 9.63. The molecule has 4 N–H and O–H groups in total. The zero-order valence-electron chi connectivity index (χ0n) is 11.6. The first-order valence-corrected chi connectivity index (χ1v) is 7.34. The maximum absolute atomic E-state index is 10.9. The van der Waals surface area contributed by atoms with Crippen molar-refractivity contribution in [2.24, 2.45) is 5.73 Å². The molecule has 0 aromatic heterocycles. The van der Waals surface area contributed by atoms with Gasteiger partial charge in [0, 0.05) is 5.56 Å². The summed E-state index contributed by atoms with van der Waals surface area (Å²) in [7, 11) is 0. The van der Waals surface area contributed by atoms with Gasteiger partial charge in [-0.3, -0.25) is 4.79 Å². The predicted octanol–water partition coefficient (Wildman–Crippen LogP) is 3.11. The van der Waals surface area contributed by atoms with Crippen LogP contribution in [0.5, 0.6) is 0 Å². The first kappa shape index (κ1) is 16.8. The van der Waals surface area contributed by atoms with E-state index < -0.39 is 12.0 Å². The highest BCUT2D eigenvalue weighted by Crippen LogP contribution is 2.35. The summed E-state index contributed by atoms with van der Waals surface area (Å²) in [5.74, 6) is -1.07. The Morgan fingerprint density at radius 3 is 2.55 bits per heavy atom. The fourth-order valence-corrected chi connectivity index (χ4v) is 2.61. The number of aliphatic hydroxyl groups is 1. The SMILES string of the molecule is NC(Cc1cc(Cl)c(Cl)c(-c2cccc(CO)c2)c1)C(=O)O. The van der Waals surface area contributed by atoms with E-state index in [1.54, 1.807) is 30.3 Å². The number of benzene rings is 2. The number of carboxylic acid groups (broad SMARTS) is 1. The van der Waals surface area contributed by atoms with Crippen LogP contribution in [0.15, 0.2) is 36.4 Å². The second-order valence-electron chi connectivity index (χ2n) is 4.95. The summed E-state index contributed by atoms with van der Waals surface area (Å²) in [6.07, 6.45) is 0.152. The van der Waals surface area contributed by atoms with Gasteiger partial charge in [-0.05, 0) is 41.3 Å². The predicted molar refractivity (Wildman–Crippen MR) is 87.1 cm³/mol. The third-order valence-electron chi connectivity index (χ3n) is 3.28. The molecule has 2 aromatic rings. The molecule has 1 atom stereocenters. The molecule has 0 aliphatic rings. The first-order chi connectivity index (χ1) is 10.4. The minimum absolute atomic E-state index is 0.0806. The summed E-state index contributed by atoms with van der Waals surface area (Å²) in [5, 5.41) is 18.9. The molecule has 0 bridgehead atoms. The summed E-state index contributed by atoms with van der Waals surface area (Å²) < 4.78 is 0. The van der Waals surface area contributed by atoms with E-state index in [0.717, 1.165) is 11.1 Å². The number of carboxylic acids is 1. The van der Waals surface area contributed by atoms with E-state index in [2.05, 4.69) is 0 Å². The fourth-order valence-electron chi connectivity index (χ4n) is 2.15. The van der Waals surface area contributed by atoms with Crippen molar-refractivity contribution < 1.29 is 15.0 Å². The molecule has 0 spiro atoms. The number of halogens is 2. The van der Waals surface area contributed by atoms with E-state index in [1.165, 1.54) is 0 Å². The van der Waals surface area contributed by atoms with Gasteiger partial charge in [-0.25, -0.2) is 0 Å². The second-order valence-corrected chi connectivity index (χ2v) is 5.73. The van der Waals surface area contributed by atoms with Gasteiger partial charge in [-0.1, -0.05) is 41.4 Å². The lowest BCUT2D eigenvalue weighted by Crippen LogP contribution is -2.32. The Bertz CT molecular complexity index is 704. The summed E-state index contributed by atoms with van der Waals surface area (Å²) in [6.45, 7) is -0.0806. The van der Waals surface area contributed by atoms with Crippen molar-refractivity contribution in [1.82, 2.24) is 0 Å². The Morgan fingerprint density at radius 2 is 1.91 bits per heavy atom. The van der Waals surface area contributed by atoms with Crippen molar-refractivity contribution in [3.8, 4) is 11.1 Å². The Morgan fingerprint density at radius 1 is 1.18 bits per heavy atom. The van der Waals surface area contributed by atoms with E-state index in [1.807, 2.05) is 6.07 Å². The van der Waals surface area contributed by atoms with E-state index in [9.17, 15) is 9.90 Å². The number of aliphatic carboxylic acids is 1. The van der Waals surface area contributed by atoms with Crippen LogP contribution in [0.1, 0.15) is 11.1 Å². The van der Waals surface area contributed by atoms with E-state index in [0.29, 0.717) is 21.2 Å². The molecule has 4 nitrogen and oxygen atoms in total. The number of hydrogen-bond acceptors (Lipinski definition) is 3. The molecule has 0 heterocycles.